The van der Waals surface area contributed by atoms with Gasteiger partial charge in [-0.3, -0.25) is 37.4 Å². The first kappa shape index (κ1) is 67.8. The third-order valence-corrected chi connectivity index (χ3v) is 15.2. The molecule has 8 aromatic rings. The van der Waals surface area contributed by atoms with Gasteiger partial charge in [-0.05, 0) is 48.5 Å². The molecule has 4 radical (unpaired) electrons. The first-order valence-electron chi connectivity index (χ1n) is 21.4. The van der Waals surface area contributed by atoms with Crippen molar-refractivity contribution in [2.75, 3.05) is 31.9 Å². The minimum absolute atomic E-state index is 0. The van der Waals surface area contributed by atoms with Crippen LogP contribution >= 0.6 is 0 Å². The zero-order chi connectivity index (χ0) is 55.6. The van der Waals surface area contributed by atoms with E-state index in [9.17, 15) is 75.9 Å². The molecule has 8 rings (SSSR count). The number of aryl methyl sites for hydroxylation is 4. The Bertz CT molecular complexity index is 4040. The van der Waals surface area contributed by atoms with Crippen molar-refractivity contribution in [3.8, 4) is 0 Å². The average molecular weight is 1210 g/mol. The van der Waals surface area contributed by atoms with Gasteiger partial charge in [0.15, 0.2) is 0 Å². The summed E-state index contributed by atoms with van der Waals surface area (Å²) in [5.74, 6) is -3.18. The molecule has 0 atom stereocenters. The standard InChI is InChI=1S/C45H40N10O17S4.4Na/c1-52-19-23(15-35(52)43(58)50-31-13-11-27-29(39(31)75(67,68)69)7-5-9-37(27)73(61,62)63)46-41(56)33-17-25(21-54(33)3)48-45(60)49-26-18-34(55(4)22-26)42(57)47-24-16-36(53(2)20-24)44(59)51-32-14-12-28-30(40(32)76(70,71)72)8-6-10-38(28)74(64,65)66;;;;/h5-22H,1-4H3,(H,46,56)(H,47,57)(H,50,58)(H,51,59)(H2,48,49,60)(H,61,62,63)(H,64,65,66)(H,67,68,69)(H,70,71,72);;;;. The maximum atomic E-state index is 13.4. The van der Waals surface area contributed by atoms with Gasteiger partial charge in [0.25, 0.3) is 64.1 Å². The Morgan fingerprint density at radius 3 is 0.912 bits per heavy atom. The summed E-state index contributed by atoms with van der Waals surface area (Å²) in [6.07, 6.45) is 5.57. The van der Waals surface area contributed by atoms with Gasteiger partial charge in [0.05, 0.1) is 34.1 Å². The molecule has 0 aliphatic heterocycles. The Morgan fingerprint density at radius 1 is 0.362 bits per heavy atom. The van der Waals surface area contributed by atoms with Crippen molar-refractivity contribution in [2.24, 2.45) is 28.2 Å². The Hall–Kier alpha value is -4.69. The second kappa shape index (κ2) is 25.8. The number of benzene rings is 4. The molecule has 10 N–H and O–H groups in total. The molecule has 0 unspecified atom stereocenters. The van der Waals surface area contributed by atoms with E-state index in [-0.39, 0.29) is 185 Å². The van der Waals surface area contributed by atoms with Crippen molar-refractivity contribution in [1.82, 2.24) is 18.3 Å². The number of anilines is 6. The molecular weight excluding hydrogens is 1170 g/mol. The molecule has 400 valence electrons. The van der Waals surface area contributed by atoms with E-state index in [4.69, 9.17) is 0 Å². The molecule has 27 nitrogen and oxygen atoms in total. The normalized spacial score (nSPS) is 11.5. The third-order valence-electron chi connectivity index (χ3n) is 11.5. The SMILES string of the molecule is Cn1cc(NC(=O)Nc2cc(C(=O)Nc3cc(C(=O)Nc4ccc5c(S(=O)(=O)O)cccc5c4S(=O)(=O)O)n(C)c3)n(C)c2)cc1C(=O)Nc1cc(C(=O)Nc2ccc3c(S(=O)(=O)O)cccc3c2S(=O)(=O)O)n(C)c1.[Na].[Na].[Na].[Na]. The zero-order valence-electron chi connectivity index (χ0n) is 43.4. The number of rotatable bonds is 14. The number of fused-ring (bicyclic) bond motifs is 2. The molecule has 0 aliphatic carbocycles. The monoisotopic (exact) mass is 1210 g/mol. The van der Waals surface area contributed by atoms with Crippen LogP contribution < -0.4 is 31.9 Å². The fraction of sp³-hybridized carbons (Fsp3) is 0.0889. The van der Waals surface area contributed by atoms with Crippen molar-refractivity contribution in [1.29, 1.82) is 0 Å². The fourth-order valence-corrected chi connectivity index (χ4v) is 11.4. The largest absolute Gasteiger partial charge is 0.344 e. The predicted octanol–water partition coefficient (Wildman–Crippen LogP) is 3.46. The van der Waals surface area contributed by atoms with Gasteiger partial charge in [-0.2, -0.15) is 33.7 Å². The van der Waals surface area contributed by atoms with Crippen LogP contribution in [0.3, 0.4) is 0 Å². The first-order chi connectivity index (χ1) is 35.4. The van der Waals surface area contributed by atoms with Crippen LogP contribution in [0.2, 0.25) is 0 Å². The maximum Gasteiger partial charge on any atom is 0.323 e. The summed E-state index contributed by atoms with van der Waals surface area (Å²) in [7, 11) is -13.9. The van der Waals surface area contributed by atoms with E-state index in [0.717, 1.165) is 48.5 Å². The predicted molar refractivity (Wildman–Crippen MR) is 296 cm³/mol. The molecule has 4 heterocycles. The molecule has 4 aromatic heterocycles. The van der Waals surface area contributed by atoms with Gasteiger partial charge in [-0.25, -0.2) is 4.79 Å². The van der Waals surface area contributed by atoms with E-state index < -0.39 is 101 Å². The molecule has 0 saturated heterocycles. The van der Waals surface area contributed by atoms with Gasteiger partial charge in [0.1, 0.15) is 42.4 Å². The molecule has 0 aliphatic rings. The number of nitrogens with one attached hydrogen (secondary N) is 6. The second-order valence-electron chi connectivity index (χ2n) is 16.8. The third kappa shape index (κ3) is 14.7. The molecule has 0 saturated carbocycles. The summed E-state index contributed by atoms with van der Waals surface area (Å²) in [5.41, 5.74) is -0.447. The van der Waals surface area contributed by atoms with Gasteiger partial charge >= 0.3 is 6.03 Å². The smallest absolute Gasteiger partial charge is 0.323 e. The van der Waals surface area contributed by atoms with Crippen LogP contribution in [-0.4, -0.2) is 218 Å². The van der Waals surface area contributed by atoms with Crippen molar-refractivity contribution in [3.63, 3.8) is 0 Å². The van der Waals surface area contributed by atoms with Crippen molar-refractivity contribution in [3.05, 3.63) is 132 Å². The van der Waals surface area contributed by atoms with Crippen LogP contribution in [0, 0.1) is 0 Å². The summed E-state index contributed by atoms with van der Waals surface area (Å²) in [4.78, 5) is 63.9. The van der Waals surface area contributed by atoms with E-state index >= 15 is 0 Å². The Labute approximate surface area is 543 Å². The molecule has 0 fully saturated rings. The summed E-state index contributed by atoms with van der Waals surface area (Å²) >= 11 is 0. The molecule has 35 heteroatoms. The van der Waals surface area contributed by atoms with Gasteiger partial charge in [-0.1, -0.05) is 36.4 Å². The summed E-state index contributed by atoms with van der Waals surface area (Å²) in [6.45, 7) is 0. The Balaban J connectivity index is 0.00000344. The van der Waals surface area contributed by atoms with Crippen LogP contribution in [0.1, 0.15) is 42.0 Å². The molecular formula is C45H40N10Na4O17S4. The maximum absolute atomic E-state index is 13.4. The van der Waals surface area contributed by atoms with Gasteiger partial charge in [0.2, 0.25) is 0 Å². The first-order valence-corrected chi connectivity index (χ1v) is 27.2. The summed E-state index contributed by atoms with van der Waals surface area (Å²) < 4.78 is 143. The van der Waals surface area contributed by atoms with Crippen LogP contribution in [0.15, 0.2) is 129 Å². The van der Waals surface area contributed by atoms with E-state index in [0.29, 0.717) is 0 Å². The number of amides is 6. The number of carbonyl (C=O) groups excluding carboxylic acids is 5. The minimum Gasteiger partial charge on any atom is -0.344 e. The number of urea groups is 1. The van der Waals surface area contributed by atoms with Crippen LogP contribution in [0.5, 0.6) is 0 Å². The average Bonchev–Trinajstić information content (AvgIpc) is 4.08. The Morgan fingerprint density at radius 2 is 0.637 bits per heavy atom. The van der Waals surface area contributed by atoms with Crippen molar-refractivity contribution >= 4 is 244 Å². The number of hydrogen-bond acceptors (Lipinski definition) is 13. The zero-order valence-corrected chi connectivity index (χ0v) is 54.7. The number of aromatic nitrogens is 4. The Kier molecular flexibility index (Phi) is 21.9. The number of hydrogen-bond donors (Lipinski definition) is 10. The summed E-state index contributed by atoms with van der Waals surface area (Å²) in [6, 6.07) is 15.4. The van der Waals surface area contributed by atoms with Crippen LogP contribution in [0.25, 0.3) is 21.5 Å². The number of nitrogens with zero attached hydrogens (tertiary/aromatic N) is 4. The fourth-order valence-electron chi connectivity index (χ4n) is 8.30. The van der Waals surface area contributed by atoms with Gasteiger partial charge in [0, 0.05) is 193 Å². The van der Waals surface area contributed by atoms with E-state index in [2.05, 4.69) is 31.9 Å². The van der Waals surface area contributed by atoms with E-state index in [1.54, 1.807) is 0 Å². The number of carbonyl (C=O) groups is 5. The van der Waals surface area contributed by atoms with E-state index in [1.165, 1.54) is 108 Å². The van der Waals surface area contributed by atoms with Gasteiger partial charge < -0.3 is 50.2 Å². The molecule has 0 bridgehead atoms. The summed E-state index contributed by atoms with van der Waals surface area (Å²) in [5, 5.41) is 14.0. The van der Waals surface area contributed by atoms with Crippen molar-refractivity contribution in [2.45, 2.75) is 19.6 Å². The quantitative estimate of drug-likeness (QED) is 0.0550. The van der Waals surface area contributed by atoms with Crippen molar-refractivity contribution < 1.29 is 75.9 Å². The molecule has 80 heavy (non-hydrogen) atoms. The molecule has 0 spiro atoms. The topological polar surface area (TPSA) is 395 Å². The molecule has 4 aromatic carbocycles. The minimum atomic E-state index is -5.10. The van der Waals surface area contributed by atoms with E-state index in [1.807, 2.05) is 0 Å². The van der Waals surface area contributed by atoms with Gasteiger partial charge in [-0.15, -0.1) is 0 Å². The molecule has 6 amide bonds. The van der Waals surface area contributed by atoms with Crippen LogP contribution in [-0.2, 0) is 68.7 Å². The second-order valence-corrected chi connectivity index (χ2v) is 22.3. The van der Waals surface area contributed by atoms with Crippen LogP contribution in [0.4, 0.5) is 38.9 Å².